The van der Waals surface area contributed by atoms with Crippen molar-refractivity contribution in [2.45, 2.75) is 25.8 Å². The lowest BCUT2D eigenvalue weighted by atomic mass is 10.3. The van der Waals surface area contributed by atoms with Crippen molar-refractivity contribution in [2.75, 3.05) is 30.8 Å². The minimum absolute atomic E-state index is 0.621. The molecule has 4 heteroatoms. The van der Waals surface area contributed by atoms with Crippen LogP contribution in [-0.4, -0.2) is 37.1 Å². The maximum atomic E-state index is 4.63. The highest BCUT2D eigenvalue weighted by atomic mass is 32.2. The van der Waals surface area contributed by atoms with E-state index >= 15 is 0 Å². The molecule has 0 spiro atoms. The van der Waals surface area contributed by atoms with Crippen molar-refractivity contribution in [3.8, 4) is 0 Å². The van der Waals surface area contributed by atoms with Crippen LogP contribution in [0, 0.1) is 0 Å². The number of hydrogen-bond donors (Lipinski definition) is 1. The van der Waals surface area contributed by atoms with Crippen molar-refractivity contribution in [2.24, 2.45) is 4.99 Å². The lowest BCUT2D eigenvalue weighted by molar-refractivity contribution is 0.666. The first-order valence-corrected chi connectivity index (χ1v) is 7.98. The van der Waals surface area contributed by atoms with Gasteiger partial charge in [-0.15, -0.1) is 0 Å². The number of hydrogen-bond acceptors (Lipinski definition) is 3. The predicted octanol–water partition coefficient (Wildman–Crippen LogP) is 2.98. The van der Waals surface area contributed by atoms with E-state index in [0.717, 1.165) is 24.7 Å². The molecule has 0 bridgehead atoms. The maximum absolute atomic E-state index is 4.63. The van der Waals surface area contributed by atoms with E-state index in [1.54, 1.807) is 0 Å². The summed E-state index contributed by atoms with van der Waals surface area (Å²) >= 11 is 1.86. The fourth-order valence-electron chi connectivity index (χ4n) is 2.05. The molecule has 0 amide bonds. The third kappa shape index (κ3) is 4.46. The molecule has 0 aliphatic carbocycles. The van der Waals surface area contributed by atoms with Crippen LogP contribution in [-0.2, 0) is 0 Å². The van der Waals surface area contributed by atoms with E-state index in [9.17, 15) is 0 Å². The lowest BCUT2D eigenvalue weighted by Crippen LogP contribution is -2.26. The number of amidine groups is 1. The monoisotopic (exact) mass is 277 g/mol. The van der Waals surface area contributed by atoms with Crippen LogP contribution >= 0.6 is 11.8 Å². The largest absolute Gasteiger partial charge is 0.375 e. The van der Waals surface area contributed by atoms with Gasteiger partial charge in [-0.25, -0.2) is 0 Å². The topological polar surface area (TPSA) is 27.6 Å². The smallest absolute Gasteiger partial charge is 0.156 e. The molecule has 1 atom stereocenters. The second kappa shape index (κ2) is 7.43. The minimum atomic E-state index is 0.621. The molecule has 1 aliphatic rings. The summed E-state index contributed by atoms with van der Waals surface area (Å²) in [6.07, 6.45) is 2.27. The van der Waals surface area contributed by atoms with Crippen LogP contribution in [0.1, 0.15) is 19.8 Å². The lowest BCUT2D eigenvalue weighted by Gasteiger charge is -2.18. The summed E-state index contributed by atoms with van der Waals surface area (Å²) in [7, 11) is 2.14. The number of rotatable bonds is 6. The zero-order chi connectivity index (χ0) is 13.5. The Bertz CT molecular complexity index is 405. The van der Waals surface area contributed by atoms with Crippen molar-refractivity contribution in [3.05, 3.63) is 30.3 Å². The third-order valence-corrected chi connectivity index (χ3v) is 4.44. The van der Waals surface area contributed by atoms with Gasteiger partial charge in [0, 0.05) is 37.6 Å². The Labute approximate surface area is 120 Å². The predicted molar refractivity (Wildman–Crippen MR) is 86.3 cm³/mol. The van der Waals surface area contributed by atoms with Gasteiger partial charge in [0.2, 0.25) is 0 Å². The summed E-state index contributed by atoms with van der Waals surface area (Å²) in [4.78, 5) is 6.91. The Morgan fingerprint density at radius 1 is 1.37 bits per heavy atom. The third-order valence-electron chi connectivity index (χ3n) is 3.35. The van der Waals surface area contributed by atoms with Gasteiger partial charge in [0.1, 0.15) is 0 Å². The van der Waals surface area contributed by atoms with Gasteiger partial charge in [0.25, 0.3) is 0 Å². The van der Waals surface area contributed by atoms with E-state index in [0.29, 0.717) is 6.04 Å². The first-order valence-electron chi connectivity index (χ1n) is 6.99. The molecule has 1 unspecified atom stereocenters. The first kappa shape index (κ1) is 14.3. The first-order chi connectivity index (χ1) is 9.29. The van der Waals surface area contributed by atoms with E-state index < -0.39 is 0 Å². The zero-order valence-electron chi connectivity index (χ0n) is 11.8. The van der Waals surface area contributed by atoms with Gasteiger partial charge in [-0.3, -0.25) is 4.99 Å². The Hall–Kier alpha value is -1.16. The van der Waals surface area contributed by atoms with Gasteiger partial charge >= 0.3 is 0 Å². The average molecular weight is 277 g/mol. The summed E-state index contributed by atoms with van der Waals surface area (Å²) in [5, 5.41) is 4.59. The van der Waals surface area contributed by atoms with Crippen molar-refractivity contribution in [1.82, 2.24) is 5.32 Å². The van der Waals surface area contributed by atoms with Crippen LogP contribution in [0.5, 0.6) is 0 Å². The Kier molecular flexibility index (Phi) is 5.58. The van der Waals surface area contributed by atoms with E-state index in [2.05, 4.69) is 59.5 Å². The van der Waals surface area contributed by atoms with Gasteiger partial charge in [0.05, 0.1) is 0 Å². The molecule has 3 nitrogen and oxygen atoms in total. The van der Waals surface area contributed by atoms with E-state index in [1.165, 1.54) is 17.9 Å². The molecule has 1 aliphatic heterocycles. The SMILES string of the molecule is CCC1CSC(=NCCCN(C)c2ccccc2)N1. The van der Waals surface area contributed by atoms with Gasteiger partial charge in [0.15, 0.2) is 5.17 Å². The summed E-state index contributed by atoms with van der Waals surface area (Å²) in [6, 6.07) is 11.1. The second-order valence-corrected chi connectivity index (χ2v) is 5.87. The van der Waals surface area contributed by atoms with Crippen LogP contribution in [0.4, 0.5) is 5.69 Å². The van der Waals surface area contributed by atoms with Crippen molar-refractivity contribution < 1.29 is 0 Å². The summed E-state index contributed by atoms with van der Waals surface area (Å²) in [6.45, 7) is 4.17. The van der Waals surface area contributed by atoms with Crippen molar-refractivity contribution in [3.63, 3.8) is 0 Å². The fraction of sp³-hybridized carbons (Fsp3) is 0.533. The molecular weight excluding hydrogens is 254 g/mol. The molecule has 1 heterocycles. The van der Waals surface area contributed by atoms with E-state index in [1.807, 2.05) is 11.8 Å². The molecule has 19 heavy (non-hydrogen) atoms. The summed E-state index contributed by atoms with van der Waals surface area (Å²) < 4.78 is 0. The molecular formula is C15H23N3S. The minimum Gasteiger partial charge on any atom is -0.375 e. The Morgan fingerprint density at radius 2 is 2.16 bits per heavy atom. The molecule has 1 aromatic rings. The van der Waals surface area contributed by atoms with Crippen LogP contribution in [0.25, 0.3) is 0 Å². The van der Waals surface area contributed by atoms with Crippen LogP contribution in [0.3, 0.4) is 0 Å². The summed E-state index contributed by atoms with van der Waals surface area (Å²) in [5.74, 6) is 1.17. The van der Waals surface area contributed by atoms with Crippen LogP contribution in [0.15, 0.2) is 35.3 Å². The zero-order valence-corrected chi connectivity index (χ0v) is 12.6. The standard InChI is InChI=1S/C15H23N3S/c1-3-13-12-19-15(17-13)16-10-7-11-18(2)14-8-5-4-6-9-14/h4-6,8-9,13H,3,7,10-12H2,1-2H3,(H,16,17). The van der Waals surface area contributed by atoms with Crippen molar-refractivity contribution in [1.29, 1.82) is 0 Å². The maximum Gasteiger partial charge on any atom is 0.156 e. The number of aliphatic imine (C=N–C) groups is 1. The highest BCUT2D eigenvalue weighted by Gasteiger charge is 2.17. The molecule has 1 N–H and O–H groups in total. The van der Waals surface area contributed by atoms with Gasteiger partial charge < -0.3 is 10.2 Å². The number of anilines is 1. The van der Waals surface area contributed by atoms with Crippen LogP contribution in [0.2, 0.25) is 0 Å². The Balaban J connectivity index is 1.68. The Morgan fingerprint density at radius 3 is 2.84 bits per heavy atom. The molecule has 0 radical (unpaired) electrons. The molecule has 1 aromatic carbocycles. The highest BCUT2D eigenvalue weighted by molar-refractivity contribution is 8.14. The van der Waals surface area contributed by atoms with Gasteiger partial charge in [-0.05, 0) is 25.0 Å². The number of nitrogens with zero attached hydrogens (tertiary/aromatic N) is 2. The van der Waals surface area contributed by atoms with E-state index in [4.69, 9.17) is 0 Å². The molecule has 0 aromatic heterocycles. The number of benzene rings is 1. The molecule has 1 saturated heterocycles. The quantitative estimate of drug-likeness (QED) is 0.810. The van der Waals surface area contributed by atoms with Crippen LogP contribution < -0.4 is 10.2 Å². The highest BCUT2D eigenvalue weighted by Crippen LogP contribution is 2.16. The van der Waals surface area contributed by atoms with E-state index in [-0.39, 0.29) is 0 Å². The molecule has 2 rings (SSSR count). The van der Waals surface area contributed by atoms with Gasteiger partial charge in [-0.2, -0.15) is 0 Å². The number of nitrogens with one attached hydrogen (secondary N) is 1. The van der Waals surface area contributed by atoms with Crippen molar-refractivity contribution >= 4 is 22.6 Å². The fourth-order valence-corrected chi connectivity index (χ4v) is 3.16. The normalized spacial score (nSPS) is 20.5. The summed E-state index contributed by atoms with van der Waals surface area (Å²) in [5.41, 5.74) is 1.27. The molecule has 1 fully saturated rings. The molecule has 104 valence electrons. The number of para-hydroxylation sites is 1. The van der Waals surface area contributed by atoms with Gasteiger partial charge in [-0.1, -0.05) is 36.9 Å². The molecule has 0 saturated carbocycles. The number of thioether (sulfide) groups is 1. The average Bonchev–Trinajstić information content (AvgIpc) is 2.92. The second-order valence-electron chi connectivity index (χ2n) is 4.86.